The Kier molecular flexibility index (Phi) is 7.54. The lowest BCUT2D eigenvalue weighted by atomic mass is 10.3. The van der Waals surface area contributed by atoms with Gasteiger partial charge in [-0.2, -0.15) is 0 Å². The molecule has 0 unspecified atom stereocenters. The SMILES string of the molecule is Cn1c(COc2ccc(Cl)cc2Cl)nnc1SCC(=O)Nc1cc(Cl)ccc1Cl. The van der Waals surface area contributed by atoms with Gasteiger partial charge >= 0.3 is 0 Å². The molecule has 1 heterocycles. The van der Waals surface area contributed by atoms with Crippen LogP contribution in [0.2, 0.25) is 20.1 Å². The number of rotatable bonds is 7. The Labute approximate surface area is 191 Å². The Hall–Kier alpha value is -1.64. The van der Waals surface area contributed by atoms with Crippen LogP contribution in [0.15, 0.2) is 41.6 Å². The van der Waals surface area contributed by atoms with Gasteiger partial charge in [0.1, 0.15) is 12.4 Å². The van der Waals surface area contributed by atoms with Crippen LogP contribution in [-0.2, 0) is 18.4 Å². The summed E-state index contributed by atoms with van der Waals surface area (Å²) in [5.74, 6) is 0.953. The van der Waals surface area contributed by atoms with E-state index >= 15 is 0 Å². The zero-order valence-corrected chi connectivity index (χ0v) is 18.8. The van der Waals surface area contributed by atoms with E-state index in [1.807, 2.05) is 0 Å². The van der Waals surface area contributed by atoms with E-state index in [1.54, 1.807) is 48.0 Å². The van der Waals surface area contributed by atoms with Crippen molar-refractivity contribution in [2.75, 3.05) is 11.1 Å². The van der Waals surface area contributed by atoms with Crippen LogP contribution in [0.5, 0.6) is 5.75 Å². The van der Waals surface area contributed by atoms with Crippen LogP contribution in [0.25, 0.3) is 0 Å². The molecule has 29 heavy (non-hydrogen) atoms. The van der Waals surface area contributed by atoms with Crippen molar-refractivity contribution in [2.24, 2.45) is 7.05 Å². The van der Waals surface area contributed by atoms with Crippen molar-refractivity contribution in [3.63, 3.8) is 0 Å². The number of carbonyl (C=O) groups excluding carboxylic acids is 1. The van der Waals surface area contributed by atoms with Crippen molar-refractivity contribution in [3.8, 4) is 5.75 Å². The quantitative estimate of drug-likeness (QED) is 0.427. The second-order valence-electron chi connectivity index (χ2n) is 5.78. The largest absolute Gasteiger partial charge is 0.484 e. The Bertz CT molecular complexity index is 1040. The van der Waals surface area contributed by atoms with Gasteiger partial charge in [-0.15, -0.1) is 10.2 Å². The molecule has 1 amide bonds. The van der Waals surface area contributed by atoms with Gasteiger partial charge in [0.15, 0.2) is 11.0 Å². The molecule has 6 nitrogen and oxygen atoms in total. The fraction of sp³-hybridized carbons (Fsp3) is 0.167. The number of nitrogens with zero attached hydrogens (tertiary/aromatic N) is 3. The van der Waals surface area contributed by atoms with Crippen LogP contribution >= 0.6 is 58.2 Å². The van der Waals surface area contributed by atoms with Crippen molar-refractivity contribution < 1.29 is 9.53 Å². The summed E-state index contributed by atoms with van der Waals surface area (Å²) in [6.45, 7) is 0.162. The Balaban J connectivity index is 1.56. The summed E-state index contributed by atoms with van der Waals surface area (Å²) in [5, 5.41) is 13.3. The van der Waals surface area contributed by atoms with Crippen LogP contribution in [-0.4, -0.2) is 26.4 Å². The van der Waals surface area contributed by atoms with Crippen molar-refractivity contribution in [1.82, 2.24) is 14.8 Å². The molecular weight excluding hydrogens is 478 g/mol. The van der Waals surface area contributed by atoms with E-state index in [0.29, 0.717) is 42.5 Å². The third kappa shape index (κ3) is 5.93. The Morgan fingerprint density at radius 1 is 1.07 bits per heavy atom. The number of hydrogen-bond donors (Lipinski definition) is 1. The van der Waals surface area contributed by atoms with Gasteiger partial charge in [0, 0.05) is 17.1 Å². The highest BCUT2D eigenvalue weighted by Gasteiger charge is 2.14. The monoisotopic (exact) mass is 490 g/mol. The normalized spacial score (nSPS) is 10.8. The highest BCUT2D eigenvalue weighted by molar-refractivity contribution is 7.99. The number of anilines is 1. The molecule has 0 spiro atoms. The summed E-state index contributed by atoms with van der Waals surface area (Å²) in [6.07, 6.45) is 0. The fourth-order valence-electron chi connectivity index (χ4n) is 2.24. The first-order valence-corrected chi connectivity index (χ1v) is 10.7. The number of carbonyl (C=O) groups is 1. The second-order valence-corrected chi connectivity index (χ2v) is 8.41. The molecule has 0 bridgehead atoms. The molecule has 3 rings (SSSR count). The number of thioether (sulfide) groups is 1. The van der Waals surface area contributed by atoms with Gasteiger partial charge in [0.05, 0.1) is 21.5 Å². The molecule has 0 aliphatic carbocycles. The first kappa shape index (κ1) is 22.1. The Morgan fingerprint density at radius 3 is 2.55 bits per heavy atom. The number of aromatic nitrogens is 3. The molecule has 0 radical (unpaired) electrons. The molecule has 0 aliphatic heterocycles. The van der Waals surface area contributed by atoms with Crippen LogP contribution in [0.1, 0.15) is 5.82 Å². The molecule has 11 heteroatoms. The average Bonchev–Trinajstić information content (AvgIpc) is 3.02. The summed E-state index contributed by atoms with van der Waals surface area (Å²) < 4.78 is 7.42. The molecule has 152 valence electrons. The van der Waals surface area contributed by atoms with E-state index < -0.39 is 0 Å². The molecule has 0 saturated heterocycles. The van der Waals surface area contributed by atoms with Crippen molar-refractivity contribution >= 4 is 69.8 Å². The van der Waals surface area contributed by atoms with Gasteiger partial charge in [-0.05, 0) is 36.4 Å². The highest BCUT2D eigenvalue weighted by Crippen LogP contribution is 2.28. The molecule has 0 aliphatic rings. The third-order valence-corrected chi connectivity index (χ3v) is 5.83. The van der Waals surface area contributed by atoms with Crippen LogP contribution in [0.4, 0.5) is 5.69 Å². The second kappa shape index (κ2) is 9.91. The van der Waals surface area contributed by atoms with Crippen molar-refractivity contribution in [2.45, 2.75) is 11.8 Å². The van der Waals surface area contributed by atoms with Crippen LogP contribution < -0.4 is 10.1 Å². The first-order valence-electron chi connectivity index (χ1n) is 8.17. The standard InChI is InChI=1S/C18H14Cl4N4O2S/c1-26-16(8-28-15-5-3-10(19)6-13(15)22)24-25-18(26)29-9-17(27)23-14-7-11(20)2-4-12(14)21/h2-7H,8-9H2,1H3,(H,23,27). The van der Waals surface area contributed by atoms with E-state index in [-0.39, 0.29) is 18.3 Å². The molecular formula is C18H14Cl4N4O2S. The molecule has 1 N–H and O–H groups in total. The topological polar surface area (TPSA) is 69.0 Å². The molecule has 3 aromatic rings. The average molecular weight is 492 g/mol. The smallest absolute Gasteiger partial charge is 0.234 e. The number of hydrogen-bond acceptors (Lipinski definition) is 5. The summed E-state index contributed by atoms with van der Waals surface area (Å²) in [6, 6.07) is 9.82. The number of amides is 1. The number of nitrogens with one attached hydrogen (secondary N) is 1. The summed E-state index contributed by atoms with van der Waals surface area (Å²) in [4.78, 5) is 12.2. The van der Waals surface area contributed by atoms with Crippen LogP contribution in [0, 0.1) is 0 Å². The fourth-order valence-corrected chi connectivity index (χ4v) is 3.77. The van der Waals surface area contributed by atoms with Crippen molar-refractivity contribution in [3.05, 3.63) is 62.3 Å². The molecule has 1 aromatic heterocycles. The lowest BCUT2D eigenvalue weighted by Gasteiger charge is -2.09. The van der Waals surface area contributed by atoms with Crippen molar-refractivity contribution in [1.29, 1.82) is 0 Å². The number of halogens is 4. The van der Waals surface area contributed by atoms with E-state index in [1.165, 1.54) is 11.8 Å². The number of benzene rings is 2. The molecule has 0 atom stereocenters. The zero-order valence-electron chi connectivity index (χ0n) is 15.0. The van der Waals surface area contributed by atoms with Gasteiger partial charge in [-0.1, -0.05) is 58.2 Å². The maximum absolute atomic E-state index is 12.2. The maximum atomic E-state index is 12.2. The Morgan fingerprint density at radius 2 is 1.79 bits per heavy atom. The zero-order chi connectivity index (χ0) is 21.0. The molecule has 0 saturated carbocycles. The minimum absolute atomic E-state index is 0.124. The summed E-state index contributed by atoms with van der Waals surface area (Å²) in [5.41, 5.74) is 0.455. The van der Waals surface area contributed by atoms with E-state index in [9.17, 15) is 4.79 Å². The van der Waals surface area contributed by atoms with E-state index in [0.717, 1.165) is 0 Å². The first-order chi connectivity index (χ1) is 13.8. The highest BCUT2D eigenvalue weighted by atomic mass is 35.5. The van der Waals surface area contributed by atoms with Gasteiger partial charge in [-0.3, -0.25) is 4.79 Å². The van der Waals surface area contributed by atoms with E-state index in [4.69, 9.17) is 51.1 Å². The predicted molar refractivity (Wildman–Crippen MR) is 118 cm³/mol. The van der Waals surface area contributed by atoms with Gasteiger partial charge in [0.25, 0.3) is 0 Å². The predicted octanol–water partition coefficient (Wildman–Crippen LogP) is 5.74. The summed E-state index contributed by atoms with van der Waals surface area (Å²) >= 11 is 25.2. The molecule has 2 aromatic carbocycles. The lowest BCUT2D eigenvalue weighted by molar-refractivity contribution is -0.113. The number of ether oxygens (including phenoxy) is 1. The maximum Gasteiger partial charge on any atom is 0.234 e. The third-order valence-electron chi connectivity index (χ3n) is 3.71. The van der Waals surface area contributed by atoms with E-state index in [2.05, 4.69) is 15.5 Å². The van der Waals surface area contributed by atoms with Gasteiger partial charge < -0.3 is 14.6 Å². The van der Waals surface area contributed by atoms with Crippen LogP contribution in [0.3, 0.4) is 0 Å². The lowest BCUT2D eigenvalue weighted by Crippen LogP contribution is -2.15. The van der Waals surface area contributed by atoms with Gasteiger partial charge in [-0.25, -0.2) is 0 Å². The minimum atomic E-state index is -0.243. The minimum Gasteiger partial charge on any atom is -0.484 e. The molecule has 0 fully saturated rings. The van der Waals surface area contributed by atoms with Gasteiger partial charge in [0.2, 0.25) is 5.91 Å². The summed E-state index contributed by atoms with van der Waals surface area (Å²) in [7, 11) is 1.79.